The molecule has 0 spiro atoms. The van der Waals surface area contributed by atoms with E-state index in [9.17, 15) is 0 Å². The Labute approximate surface area is 176 Å². The molecule has 0 aliphatic heterocycles. The number of anilines is 1. The molecule has 0 aliphatic rings. The van der Waals surface area contributed by atoms with E-state index in [1.54, 1.807) is 0 Å². The van der Waals surface area contributed by atoms with Crippen LogP contribution in [0.4, 0.5) is 5.69 Å². The highest BCUT2D eigenvalue weighted by molar-refractivity contribution is 8.00. The first-order valence-corrected chi connectivity index (χ1v) is 9.18. The molecule has 3 rings (SSSR count). The van der Waals surface area contributed by atoms with Gasteiger partial charge in [-0.15, -0.1) is 36.6 Å². The first-order chi connectivity index (χ1) is 11.7. The van der Waals surface area contributed by atoms with E-state index in [4.69, 9.17) is 17.3 Å². The minimum Gasteiger partial charge on any atom is -0.398 e. The van der Waals surface area contributed by atoms with Crippen molar-refractivity contribution in [1.29, 1.82) is 0 Å². The molecule has 0 fully saturated rings. The van der Waals surface area contributed by atoms with Crippen LogP contribution in [0.3, 0.4) is 0 Å². The van der Waals surface area contributed by atoms with Gasteiger partial charge in [0.05, 0.1) is 6.33 Å². The third-order valence-corrected chi connectivity index (χ3v) is 5.45. The van der Waals surface area contributed by atoms with Gasteiger partial charge in [-0.2, -0.15) is 0 Å². The molecule has 140 valence electrons. The zero-order valence-electron chi connectivity index (χ0n) is 14.1. The average molecular weight is 431 g/mol. The van der Waals surface area contributed by atoms with E-state index in [2.05, 4.69) is 27.8 Å². The van der Waals surface area contributed by atoms with Gasteiger partial charge in [0.25, 0.3) is 0 Å². The maximum absolute atomic E-state index is 6.11. The minimum atomic E-state index is 0. The average Bonchev–Trinajstić information content (AvgIpc) is 3.09. The quantitative estimate of drug-likeness (QED) is 0.383. The summed E-state index contributed by atoms with van der Waals surface area (Å²) in [6, 6.07) is 16.1. The van der Waals surface area contributed by atoms with Gasteiger partial charge in [0.15, 0.2) is 0 Å². The van der Waals surface area contributed by atoms with E-state index in [1.165, 1.54) is 5.56 Å². The van der Waals surface area contributed by atoms with Crippen LogP contribution in [0.25, 0.3) is 0 Å². The summed E-state index contributed by atoms with van der Waals surface area (Å²) in [4.78, 5) is 5.28. The Morgan fingerprint density at radius 3 is 2.46 bits per heavy atom. The second kappa shape index (κ2) is 11.4. The lowest BCUT2D eigenvalue weighted by molar-refractivity contribution is 0.624. The summed E-state index contributed by atoms with van der Waals surface area (Å²) in [6.45, 7) is 0.909. The van der Waals surface area contributed by atoms with Crippen molar-refractivity contribution in [2.75, 3.05) is 5.73 Å². The molecule has 7 heteroatoms. The van der Waals surface area contributed by atoms with Crippen LogP contribution >= 0.6 is 48.2 Å². The van der Waals surface area contributed by atoms with Crippen LogP contribution in [-0.4, -0.2) is 14.8 Å². The highest BCUT2D eigenvalue weighted by atomic mass is 35.5. The Balaban J connectivity index is 0.00000169. The highest BCUT2D eigenvalue weighted by Crippen LogP contribution is 2.31. The zero-order chi connectivity index (χ0) is 16.8. The van der Waals surface area contributed by atoms with Gasteiger partial charge < -0.3 is 10.3 Å². The fraction of sp³-hybridized carbons (Fsp3) is 0.211. The van der Waals surface area contributed by atoms with Crippen LogP contribution in [0.5, 0.6) is 0 Å². The molecular weight excluding hydrogens is 409 g/mol. The van der Waals surface area contributed by atoms with Gasteiger partial charge in [0.1, 0.15) is 0 Å². The van der Waals surface area contributed by atoms with Crippen molar-refractivity contribution in [2.24, 2.45) is 0 Å². The third kappa shape index (κ3) is 6.76. The van der Waals surface area contributed by atoms with E-state index < -0.39 is 0 Å². The molecule has 1 atom stereocenters. The summed E-state index contributed by atoms with van der Waals surface area (Å²) in [6.07, 6.45) is 7.75. The summed E-state index contributed by atoms with van der Waals surface area (Å²) in [5, 5.41) is 1.19. The number of hydrogen-bond donors (Lipinski definition) is 1. The van der Waals surface area contributed by atoms with Crippen LogP contribution in [-0.2, 0) is 13.0 Å². The molecule has 1 aromatic heterocycles. The molecular formula is C19H22Cl3N3S. The van der Waals surface area contributed by atoms with E-state index >= 15 is 0 Å². The Morgan fingerprint density at radius 2 is 1.81 bits per heavy atom. The van der Waals surface area contributed by atoms with Crippen LogP contribution in [0, 0.1) is 0 Å². The smallest absolute Gasteiger partial charge is 0.0946 e. The molecule has 0 radical (unpaired) electrons. The number of nitrogens with two attached hydrogens (primary N) is 1. The number of para-hydroxylation sites is 1. The zero-order valence-corrected chi connectivity index (χ0v) is 17.3. The Hall–Kier alpha value is -1.33. The summed E-state index contributed by atoms with van der Waals surface area (Å²) >= 11 is 7.80. The predicted molar refractivity (Wildman–Crippen MR) is 117 cm³/mol. The largest absolute Gasteiger partial charge is 0.398 e. The second-order valence-corrected chi connectivity index (χ2v) is 7.48. The van der Waals surface area contributed by atoms with Gasteiger partial charge >= 0.3 is 0 Å². The number of halogens is 3. The molecule has 2 N–H and O–H groups in total. The molecule has 0 saturated heterocycles. The van der Waals surface area contributed by atoms with Crippen molar-refractivity contribution >= 4 is 53.9 Å². The summed E-state index contributed by atoms with van der Waals surface area (Å²) in [5.41, 5.74) is 8.25. The number of rotatable bonds is 7. The first kappa shape index (κ1) is 22.7. The van der Waals surface area contributed by atoms with Crippen molar-refractivity contribution in [2.45, 2.75) is 29.5 Å². The molecule has 0 bridgehead atoms. The Kier molecular flexibility index (Phi) is 9.96. The van der Waals surface area contributed by atoms with Gasteiger partial charge in [0, 0.05) is 39.8 Å². The lowest BCUT2D eigenvalue weighted by atomic mass is 10.1. The molecule has 26 heavy (non-hydrogen) atoms. The van der Waals surface area contributed by atoms with E-state index in [0.717, 1.165) is 35.0 Å². The molecule has 0 saturated carbocycles. The molecule has 1 heterocycles. The number of benzene rings is 2. The van der Waals surface area contributed by atoms with Gasteiger partial charge in [-0.3, -0.25) is 0 Å². The Bertz CT molecular complexity index is 764. The maximum atomic E-state index is 6.11. The van der Waals surface area contributed by atoms with Gasteiger partial charge in [-0.25, -0.2) is 4.98 Å². The Morgan fingerprint density at radius 1 is 1.08 bits per heavy atom. The van der Waals surface area contributed by atoms with E-state index in [-0.39, 0.29) is 24.8 Å². The maximum Gasteiger partial charge on any atom is 0.0946 e. The molecule has 2 aromatic carbocycles. The lowest BCUT2D eigenvalue weighted by Crippen LogP contribution is -2.13. The van der Waals surface area contributed by atoms with E-state index in [0.29, 0.717) is 5.25 Å². The van der Waals surface area contributed by atoms with Crippen molar-refractivity contribution < 1.29 is 0 Å². The number of nitrogens with zero attached hydrogens (tertiary/aromatic N) is 2. The number of thioether (sulfide) groups is 1. The normalized spacial score (nSPS) is 11.3. The van der Waals surface area contributed by atoms with Gasteiger partial charge in [-0.1, -0.05) is 35.9 Å². The molecule has 0 aliphatic carbocycles. The van der Waals surface area contributed by atoms with Crippen molar-refractivity contribution in [3.8, 4) is 0 Å². The van der Waals surface area contributed by atoms with Crippen LogP contribution in [0.2, 0.25) is 5.02 Å². The molecule has 0 amide bonds. The van der Waals surface area contributed by atoms with Gasteiger partial charge in [-0.05, 0) is 42.7 Å². The topological polar surface area (TPSA) is 43.8 Å². The molecule has 3 nitrogen and oxygen atoms in total. The second-order valence-electron chi connectivity index (χ2n) is 5.70. The summed E-state index contributed by atoms with van der Waals surface area (Å²) < 4.78 is 2.12. The SMILES string of the molecule is Cl.Cl.Nc1ccccc1SC(CCc1ccc(Cl)cc1)Cn1ccnc1. The van der Waals surface area contributed by atoms with E-state index in [1.807, 2.05) is 60.8 Å². The molecule has 3 aromatic rings. The number of hydrogen-bond acceptors (Lipinski definition) is 3. The van der Waals surface area contributed by atoms with Gasteiger partial charge in [0.2, 0.25) is 0 Å². The van der Waals surface area contributed by atoms with Crippen LogP contribution in [0.1, 0.15) is 12.0 Å². The first-order valence-electron chi connectivity index (χ1n) is 7.92. The molecule has 1 unspecified atom stereocenters. The number of aryl methyl sites for hydroxylation is 1. The monoisotopic (exact) mass is 429 g/mol. The third-order valence-electron chi connectivity index (χ3n) is 3.85. The van der Waals surface area contributed by atoms with Crippen molar-refractivity contribution in [3.05, 3.63) is 77.8 Å². The van der Waals surface area contributed by atoms with Crippen LogP contribution < -0.4 is 5.73 Å². The van der Waals surface area contributed by atoms with Crippen molar-refractivity contribution in [1.82, 2.24) is 9.55 Å². The lowest BCUT2D eigenvalue weighted by Gasteiger charge is -2.18. The summed E-state index contributed by atoms with van der Waals surface area (Å²) in [7, 11) is 0. The van der Waals surface area contributed by atoms with Crippen molar-refractivity contribution in [3.63, 3.8) is 0 Å². The fourth-order valence-electron chi connectivity index (χ4n) is 2.56. The number of imidazole rings is 1. The summed E-state index contributed by atoms with van der Waals surface area (Å²) in [5.74, 6) is 0. The predicted octanol–water partition coefficient (Wildman–Crippen LogP) is 5.76. The standard InChI is InChI=1S/C19H20ClN3S.2ClH/c20-16-8-5-15(6-9-16)7-10-17(13-23-12-11-22-14-23)24-19-4-2-1-3-18(19)21;;/h1-6,8-9,11-12,14,17H,7,10,13,21H2;2*1H. The number of nitrogen functional groups attached to an aromatic ring is 1. The van der Waals surface area contributed by atoms with Crippen LogP contribution in [0.15, 0.2) is 72.1 Å². The highest BCUT2D eigenvalue weighted by Gasteiger charge is 2.13. The minimum absolute atomic E-state index is 0. The fourth-order valence-corrected chi connectivity index (χ4v) is 3.89. The number of aromatic nitrogens is 2.